The van der Waals surface area contributed by atoms with Crippen LogP contribution in [-0.4, -0.2) is 21.4 Å². The van der Waals surface area contributed by atoms with Crippen LogP contribution in [0.25, 0.3) is 0 Å². The van der Waals surface area contributed by atoms with Gasteiger partial charge in [-0.25, -0.2) is 0 Å². The first kappa shape index (κ1) is 14.8. The molecule has 0 bridgehead atoms. The molecule has 1 N–H and O–H groups in total. The largest absolute Gasteiger partial charge is 0.297 e. The minimum Gasteiger partial charge on any atom is -0.297 e. The Labute approximate surface area is 128 Å². The van der Waals surface area contributed by atoms with Crippen molar-refractivity contribution in [3.63, 3.8) is 0 Å². The number of nitriles is 1. The zero-order valence-corrected chi connectivity index (χ0v) is 13.7. The first-order chi connectivity index (χ1) is 9.05. The summed E-state index contributed by atoms with van der Waals surface area (Å²) in [6.45, 7) is 5.13. The van der Waals surface area contributed by atoms with Crippen LogP contribution >= 0.6 is 22.6 Å². The van der Waals surface area contributed by atoms with Crippen LogP contribution in [0.5, 0.6) is 0 Å². The SMILES string of the molecule is CC(C)NC1(C#N)CCCC1CCn1cc(I)cn1. The van der Waals surface area contributed by atoms with E-state index in [9.17, 15) is 5.26 Å². The molecule has 1 fully saturated rings. The summed E-state index contributed by atoms with van der Waals surface area (Å²) in [6, 6.07) is 2.91. The van der Waals surface area contributed by atoms with E-state index in [1.54, 1.807) is 0 Å². The van der Waals surface area contributed by atoms with Crippen LogP contribution < -0.4 is 5.32 Å². The third-order valence-corrected chi connectivity index (χ3v) is 4.43. The fourth-order valence-electron chi connectivity index (χ4n) is 3.10. The maximum atomic E-state index is 9.60. The molecule has 0 saturated heterocycles. The lowest BCUT2D eigenvalue weighted by Crippen LogP contribution is -2.50. The smallest absolute Gasteiger partial charge is 0.109 e. The van der Waals surface area contributed by atoms with E-state index in [0.717, 1.165) is 35.8 Å². The van der Waals surface area contributed by atoms with Gasteiger partial charge in [-0.1, -0.05) is 6.42 Å². The van der Waals surface area contributed by atoms with Gasteiger partial charge >= 0.3 is 0 Å². The molecule has 2 rings (SSSR count). The van der Waals surface area contributed by atoms with Crippen molar-refractivity contribution in [1.82, 2.24) is 15.1 Å². The van der Waals surface area contributed by atoms with E-state index in [0.29, 0.717) is 12.0 Å². The van der Waals surface area contributed by atoms with E-state index in [4.69, 9.17) is 0 Å². The Morgan fingerprint density at radius 2 is 2.47 bits per heavy atom. The number of hydrogen-bond acceptors (Lipinski definition) is 3. The first-order valence-electron chi connectivity index (χ1n) is 6.92. The normalized spacial score (nSPS) is 26.8. The van der Waals surface area contributed by atoms with Crippen molar-refractivity contribution in [2.45, 2.75) is 57.7 Å². The maximum absolute atomic E-state index is 9.60. The van der Waals surface area contributed by atoms with Crippen molar-refractivity contribution >= 4 is 22.6 Å². The summed E-state index contributed by atoms with van der Waals surface area (Å²) < 4.78 is 3.15. The molecule has 1 aromatic rings. The van der Waals surface area contributed by atoms with E-state index >= 15 is 0 Å². The molecule has 1 aromatic heterocycles. The Kier molecular flexibility index (Phi) is 4.85. The van der Waals surface area contributed by atoms with Gasteiger partial charge < -0.3 is 0 Å². The highest BCUT2D eigenvalue weighted by Gasteiger charge is 2.43. The molecule has 0 amide bonds. The molecule has 1 heterocycles. The fraction of sp³-hybridized carbons (Fsp3) is 0.714. The minimum absolute atomic E-state index is 0.325. The van der Waals surface area contributed by atoms with Gasteiger partial charge in [0.25, 0.3) is 0 Å². The quantitative estimate of drug-likeness (QED) is 0.809. The van der Waals surface area contributed by atoms with Crippen LogP contribution in [0.1, 0.15) is 39.5 Å². The topological polar surface area (TPSA) is 53.6 Å². The van der Waals surface area contributed by atoms with Gasteiger partial charge in [0, 0.05) is 18.8 Å². The predicted molar refractivity (Wildman–Crippen MR) is 83.5 cm³/mol. The van der Waals surface area contributed by atoms with Gasteiger partial charge in [0.05, 0.1) is 15.8 Å². The van der Waals surface area contributed by atoms with Gasteiger partial charge in [0.15, 0.2) is 0 Å². The molecule has 1 aliphatic rings. The zero-order chi connectivity index (χ0) is 13.9. The molecule has 5 heteroatoms. The number of hydrogen-bond donors (Lipinski definition) is 1. The van der Waals surface area contributed by atoms with E-state index in [-0.39, 0.29) is 5.54 Å². The highest BCUT2D eigenvalue weighted by Crippen LogP contribution is 2.38. The number of nitrogens with one attached hydrogen (secondary N) is 1. The third kappa shape index (κ3) is 3.48. The second kappa shape index (κ2) is 6.23. The summed E-state index contributed by atoms with van der Waals surface area (Å²) in [7, 11) is 0. The first-order valence-corrected chi connectivity index (χ1v) is 8.00. The number of halogens is 1. The molecule has 19 heavy (non-hydrogen) atoms. The van der Waals surface area contributed by atoms with E-state index in [1.165, 1.54) is 0 Å². The molecule has 0 aliphatic heterocycles. The molecule has 0 aromatic carbocycles. The van der Waals surface area contributed by atoms with Crippen molar-refractivity contribution in [3.8, 4) is 6.07 Å². The Morgan fingerprint density at radius 3 is 3.05 bits per heavy atom. The van der Waals surface area contributed by atoms with Crippen molar-refractivity contribution in [2.75, 3.05) is 0 Å². The highest BCUT2D eigenvalue weighted by molar-refractivity contribution is 14.1. The lowest BCUT2D eigenvalue weighted by Gasteiger charge is -2.32. The molecule has 2 atom stereocenters. The van der Waals surface area contributed by atoms with Crippen molar-refractivity contribution in [3.05, 3.63) is 16.0 Å². The van der Waals surface area contributed by atoms with Crippen LogP contribution in [0.3, 0.4) is 0 Å². The Bertz CT molecular complexity index is 462. The summed E-state index contributed by atoms with van der Waals surface area (Å²) in [4.78, 5) is 0. The molecular formula is C14H21IN4. The molecule has 4 nitrogen and oxygen atoms in total. The summed E-state index contributed by atoms with van der Waals surface area (Å²) in [5.41, 5.74) is -0.325. The lowest BCUT2D eigenvalue weighted by molar-refractivity contribution is 0.269. The molecule has 104 valence electrons. The number of aromatic nitrogens is 2. The predicted octanol–water partition coefficient (Wildman–Crippen LogP) is 2.94. The fourth-order valence-corrected chi connectivity index (χ4v) is 3.55. The van der Waals surface area contributed by atoms with Crippen molar-refractivity contribution < 1.29 is 0 Å². The summed E-state index contributed by atoms with van der Waals surface area (Å²) >= 11 is 2.27. The molecule has 0 radical (unpaired) electrons. The molecule has 1 saturated carbocycles. The number of nitrogens with zero attached hydrogens (tertiary/aromatic N) is 3. The zero-order valence-electron chi connectivity index (χ0n) is 11.6. The molecular weight excluding hydrogens is 351 g/mol. The Balaban J connectivity index is 2.00. The van der Waals surface area contributed by atoms with Crippen LogP contribution in [0, 0.1) is 20.8 Å². The molecule has 0 spiro atoms. The van der Waals surface area contributed by atoms with Gasteiger partial charge in [-0.05, 0) is 61.6 Å². The summed E-state index contributed by atoms with van der Waals surface area (Å²) in [5.74, 6) is 0.432. The number of aryl methyl sites for hydroxylation is 1. The highest BCUT2D eigenvalue weighted by atomic mass is 127. The van der Waals surface area contributed by atoms with E-state index < -0.39 is 0 Å². The summed E-state index contributed by atoms with van der Waals surface area (Å²) in [6.07, 6.45) is 8.22. The van der Waals surface area contributed by atoms with Gasteiger partial charge in [0.2, 0.25) is 0 Å². The number of rotatable bonds is 5. The second-order valence-electron chi connectivity index (χ2n) is 5.68. The molecule has 2 unspecified atom stereocenters. The van der Waals surface area contributed by atoms with Crippen molar-refractivity contribution in [2.24, 2.45) is 5.92 Å². The monoisotopic (exact) mass is 372 g/mol. The van der Waals surface area contributed by atoms with Gasteiger partial charge in [0.1, 0.15) is 5.54 Å². The van der Waals surface area contributed by atoms with Crippen LogP contribution in [-0.2, 0) is 6.54 Å². The van der Waals surface area contributed by atoms with Gasteiger partial charge in [-0.2, -0.15) is 10.4 Å². The Hall–Kier alpha value is -0.610. The Morgan fingerprint density at radius 1 is 1.68 bits per heavy atom. The average Bonchev–Trinajstić information content (AvgIpc) is 2.93. The molecule has 1 aliphatic carbocycles. The van der Waals surface area contributed by atoms with Gasteiger partial charge in [-0.15, -0.1) is 0 Å². The van der Waals surface area contributed by atoms with Crippen LogP contribution in [0.4, 0.5) is 0 Å². The van der Waals surface area contributed by atoms with E-state index in [1.807, 2.05) is 10.9 Å². The van der Waals surface area contributed by atoms with Crippen LogP contribution in [0.15, 0.2) is 12.4 Å². The van der Waals surface area contributed by atoms with Crippen LogP contribution in [0.2, 0.25) is 0 Å². The van der Waals surface area contributed by atoms with Crippen molar-refractivity contribution in [1.29, 1.82) is 5.26 Å². The second-order valence-corrected chi connectivity index (χ2v) is 6.93. The maximum Gasteiger partial charge on any atom is 0.109 e. The average molecular weight is 372 g/mol. The standard InChI is InChI=1S/C14H21IN4/c1-11(2)18-14(10-16)6-3-4-12(14)5-7-19-9-13(15)8-17-19/h8-9,11-12,18H,3-7H2,1-2H3. The van der Waals surface area contributed by atoms with Gasteiger partial charge in [-0.3, -0.25) is 10.00 Å². The third-order valence-electron chi connectivity index (χ3n) is 3.87. The van der Waals surface area contributed by atoms with E-state index in [2.05, 4.69) is 59.1 Å². The summed E-state index contributed by atoms with van der Waals surface area (Å²) in [5, 5.41) is 17.4. The minimum atomic E-state index is -0.325. The lowest BCUT2D eigenvalue weighted by atomic mass is 9.85.